The molecule has 4 heteroatoms. The minimum atomic E-state index is -0.626. The smallest absolute Gasteiger partial charge is 0.254 e. The molecule has 18 heavy (non-hydrogen) atoms. The average Bonchev–Trinajstić information content (AvgIpc) is 2.40. The number of carbonyl (C=O) groups is 1. The molecular formula is C14H18N2O2. The van der Waals surface area contributed by atoms with Crippen LogP contribution >= 0.6 is 0 Å². The number of rotatable bonds is 6. The first-order valence-electron chi connectivity index (χ1n) is 5.98. The zero-order chi connectivity index (χ0) is 13.4. The first-order chi connectivity index (χ1) is 8.72. The van der Waals surface area contributed by atoms with Gasteiger partial charge in [0.2, 0.25) is 0 Å². The largest absolute Gasteiger partial charge is 0.367 e. The van der Waals surface area contributed by atoms with Gasteiger partial charge in [0, 0.05) is 13.2 Å². The van der Waals surface area contributed by atoms with Gasteiger partial charge in [0.1, 0.15) is 0 Å². The van der Waals surface area contributed by atoms with Crippen LogP contribution < -0.4 is 5.32 Å². The Balaban J connectivity index is 2.72. The summed E-state index contributed by atoms with van der Waals surface area (Å²) in [4.78, 5) is 12.1. The third-order valence-electron chi connectivity index (χ3n) is 2.75. The molecule has 1 N–H and O–H groups in total. The van der Waals surface area contributed by atoms with Crippen molar-refractivity contribution in [1.82, 2.24) is 5.32 Å². The van der Waals surface area contributed by atoms with Crippen molar-refractivity contribution in [2.45, 2.75) is 31.9 Å². The monoisotopic (exact) mass is 246 g/mol. The number of ether oxygens (including phenoxy) is 1. The Labute approximate surface area is 108 Å². The molecule has 0 spiro atoms. The van der Waals surface area contributed by atoms with Crippen LogP contribution in [0.1, 0.15) is 31.4 Å². The average molecular weight is 246 g/mol. The molecule has 0 aliphatic carbocycles. The van der Waals surface area contributed by atoms with Crippen molar-refractivity contribution in [1.29, 1.82) is 5.26 Å². The lowest BCUT2D eigenvalue weighted by Crippen LogP contribution is -2.38. The molecule has 0 bridgehead atoms. The molecule has 1 unspecified atom stereocenters. The molecule has 0 saturated carbocycles. The van der Waals surface area contributed by atoms with Crippen molar-refractivity contribution < 1.29 is 9.53 Å². The van der Waals surface area contributed by atoms with E-state index in [2.05, 4.69) is 11.4 Å². The molecule has 0 aliphatic heterocycles. The lowest BCUT2D eigenvalue weighted by molar-refractivity contribution is -0.132. The van der Waals surface area contributed by atoms with Gasteiger partial charge in [-0.1, -0.05) is 37.3 Å². The topological polar surface area (TPSA) is 62.1 Å². The van der Waals surface area contributed by atoms with Crippen LogP contribution in [0, 0.1) is 11.3 Å². The SMILES string of the molecule is CCC(CC#N)NC(=O)[C@H](OC)c1ccccc1. The van der Waals surface area contributed by atoms with Gasteiger partial charge in [0.15, 0.2) is 6.10 Å². The molecular weight excluding hydrogens is 228 g/mol. The molecule has 1 aromatic carbocycles. The number of amides is 1. The first kappa shape index (κ1) is 14.2. The molecule has 0 saturated heterocycles. The van der Waals surface area contributed by atoms with Crippen LogP contribution in [-0.2, 0) is 9.53 Å². The highest BCUT2D eigenvalue weighted by atomic mass is 16.5. The van der Waals surface area contributed by atoms with Gasteiger partial charge in [0.05, 0.1) is 12.5 Å². The summed E-state index contributed by atoms with van der Waals surface area (Å²) in [6, 6.07) is 11.2. The van der Waals surface area contributed by atoms with Gasteiger partial charge < -0.3 is 10.1 Å². The van der Waals surface area contributed by atoms with Gasteiger partial charge in [-0.3, -0.25) is 4.79 Å². The van der Waals surface area contributed by atoms with E-state index in [0.717, 1.165) is 12.0 Å². The number of nitrogens with zero attached hydrogens (tertiary/aromatic N) is 1. The zero-order valence-corrected chi connectivity index (χ0v) is 10.7. The second-order valence-electron chi connectivity index (χ2n) is 4.00. The van der Waals surface area contributed by atoms with E-state index in [0.29, 0.717) is 6.42 Å². The van der Waals surface area contributed by atoms with Crippen molar-refractivity contribution >= 4 is 5.91 Å². The highest BCUT2D eigenvalue weighted by molar-refractivity contribution is 5.82. The zero-order valence-electron chi connectivity index (χ0n) is 10.7. The number of methoxy groups -OCH3 is 1. The predicted octanol–water partition coefficient (Wildman–Crippen LogP) is 2.18. The Hall–Kier alpha value is -1.86. The maximum Gasteiger partial charge on any atom is 0.254 e. The Bertz CT molecular complexity index is 412. The van der Waals surface area contributed by atoms with Crippen LogP contribution in [0.3, 0.4) is 0 Å². The van der Waals surface area contributed by atoms with E-state index in [4.69, 9.17) is 10.00 Å². The summed E-state index contributed by atoms with van der Waals surface area (Å²) in [6.45, 7) is 1.94. The summed E-state index contributed by atoms with van der Waals surface area (Å²) < 4.78 is 5.23. The molecule has 1 aromatic rings. The minimum absolute atomic E-state index is 0.121. The second kappa shape index (κ2) is 7.46. The molecule has 0 fully saturated rings. The van der Waals surface area contributed by atoms with Crippen LogP contribution in [-0.4, -0.2) is 19.1 Å². The number of carbonyl (C=O) groups excluding carboxylic acids is 1. The third kappa shape index (κ3) is 3.86. The molecule has 0 radical (unpaired) electrons. The van der Waals surface area contributed by atoms with Gasteiger partial charge in [-0.15, -0.1) is 0 Å². The van der Waals surface area contributed by atoms with E-state index in [1.54, 1.807) is 0 Å². The van der Waals surface area contributed by atoms with E-state index in [1.165, 1.54) is 7.11 Å². The Morgan fingerprint density at radius 2 is 2.11 bits per heavy atom. The molecule has 4 nitrogen and oxygen atoms in total. The van der Waals surface area contributed by atoms with Crippen molar-refractivity contribution in [2.75, 3.05) is 7.11 Å². The lowest BCUT2D eigenvalue weighted by Gasteiger charge is -2.19. The summed E-state index contributed by atoms with van der Waals surface area (Å²) in [5, 5.41) is 11.5. The van der Waals surface area contributed by atoms with Crippen molar-refractivity contribution in [3.8, 4) is 6.07 Å². The highest BCUT2D eigenvalue weighted by Crippen LogP contribution is 2.16. The summed E-state index contributed by atoms with van der Waals surface area (Å²) in [5.74, 6) is -0.203. The van der Waals surface area contributed by atoms with Gasteiger partial charge in [-0.05, 0) is 12.0 Å². The maximum absolute atomic E-state index is 12.1. The van der Waals surface area contributed by atoms with Crippen molar-refractivity contribution in [2.24, 2.45) is 0 Å². The lowest BCUT2D eigenvalue weighted by atomic mass is 10.1. The van der Waals surface area contributed by atoms with Crippen LogP contribution in [0.2, 0.25) is 0 Å². The van der Waals surface area contributed by atoms with E-state index < -0.39 is 6.10 Å². The van der Waals surface area contributed by atoms with Crippen LogP contribution in [0.25, 0.3) is 0 Å². The van der Waals surface area contributed by atoms with E-state index in [-0.39, 0.29) is 11.9 Å². The molecule has 0 aromatic heterocycles. The highest BCUT2D eigenvalue weighted by Gasteiger charge is 2.21. The van der Waals surface area contributed by atoms with E-state index in [9.17, 15) is 4.79 Å². The number of hydrogen-bond donors (Lipinski definition) is 1. The molecule has 0 heterocycles. The Kier molecular flexibility index (Phi) is 5.89. The number of nitrogens with one attached hydrogen (secondary N) is 1. The molecule has 1 amide bonds. The van der Waals surface area contributed by atoms with Crippen molar-refractivity contribution in [3.05, 3.63) is 35.9 Å². The van der Waals surface area contributed by atoms with Gasteiger partial charge in [0.25, 0.3) is 5.91 Å². The fraction of sp³-hybridized carbons (Fsp3) is 0.429. The Morgan fingerprint density at radius 1 is 1.44 bits per heavy atom. The van der Waals surface area contributed by atoms with Crippen molar-refractivity contribution in [3.63, 3.8) is 0 Å². The van der Waals surface area contributed by atoms with Crippen LogP contribution in [0.15, 0.2) is 30.3 Å². The first-order valence-corrected chi connectivity index (χ1v) is 5.98. The van der Waals surface area contributed by atoms with E-state index in [1.807, 2.05) is 37.3 Å². The summed E-state index contributed by atoms with van der Waals surface area (Å²) in [6.07, 6.45) is 0.414. The fourth-order valence-electron chi connectivity index (χ4n) is 1.71. The van der Waals surface area contributed by atoms with E-state index >= 15 is 0 Å². The quantitative estimate of drug-likeness (QED) is 0.836. The fourth-order valence-corrected chi connectivity index (χ4v) is 1.71. The van der Waals surface area contributed by atoms with Gasteiger partial charge >= 0.3 is 0 Å². The van der Waals surface area contributed by atoms with Crippen LogP contribution in [0.4, 0.5) is 0 Å². The summed E-state index contributed by atoms with van der Waals surface area (Å²) in [5.41, 5.74) is 0.810. The minimum Gasteiger partial charge on any atom is -0.367 e. The number of nitriles is 1. The maximum atomic E-state index is 12.1. The van der Waals surface area contributed by atoms with Gasteiger partial charge in [-0.2, -0.15) is 5.26 Å². The third-order valence-corrected chi connectivity index (χ3v) is 2.75. The summed E-state index contributed by atoms with van der Waals surface area (Å²) in [7, 11) is 1.50. The second-order valence-corrected chi connectivity index (χ2v) is 4.00. The molecule has 1 rings (SSSR count). The molecule has 96 valence electrons. The standard InChI is InChI=1S/C14H18N2O2/c1-3-12(9-10-15)16-14(17)13(18-2)11-7-5-4-6-8-11/h4-8,12-13H,3,9H2,1-2H3,(H,16,17)/t12?,13-/m1/s1. The molecule has 0 aliphatic rings. The normalized spacial score (nSPS) is 13.4. The predicted molar refractivity (Wildman–Crippen MR) is 68.6 cm³/mol. The van der Waals surface area contributed by atoms with Gasteiger partial charge in [-0.25, -0.2) is 0 Å². The number of hydrogen-bond acceptors (Lipinski definition) is 3. The van der Waals surface area contributed by atoms with Crippen LogP contribution in [0.5, 0.6) is 0 Å². The number of benzene rings is 1. The summed E-state index contributed by atoms with van der Waals surface area (Å²) >= 11 is 0. The molecule has 2 atom stereocenters. The Morgan fingerprint density at radius 3 is 2.61 bits per heavy atom.